The van der Waals surface area contributed by atoms with Crippen LogP contribution in [0.3, 0.4) is 0 Å². The number of rotatable bonds is 7. The summed E-state index contributed by atoms with van der Waals surface area (Å²) in [6.07, 6.45) is 6.44. The maximum absolute atomic E-state index is 13.7. The number of hydrogen-bond donors (Lipinski definition) is 1. The Kier molecular flexibility index (Phi) is 8.06. The lowest BCUT2D eigenvalue weighted by Crippen LogP contribution is -2.57. The summed E-state index contributed by atoms with van der Waals surface area (Å²) in [5.41, 5.74) is 1.40. The van der Waals surface area contributed by atoms with Crippen LogP contribution in [0.15, 0.2) is 54.9 Å². The molecule has 2 aliphatic rings. The van der Waals surface area contributed by atoms with Gasteiger partial charge in [0.25, 0.3) is 5.91 Å². The van der Waals surface area contributed by atoms with Crippen LogP contribution in [0.25, 0.3) is 11.1 Å². The molecule has 1 aliphatic heterocycles. The van der Waals surface area contributed by atoms with Gasteiger partial charge in [-0.3, -0.25) is 14.4 Å². The Morgan fingerprint density at radius 3 is 2.44 bits per heavy atom. The van der Waals surface area contributed by atoms with Crippen molar-refractivity contribution in [2.45, 2.75) is 76.2 Å². The largest absolute Gasteiger partial charge is 0.417 e. The van der Waals surface area contributed by atoms with Crippen LogP contribution in [0.2, 0.25) is 5.02 Å². The number of amides is 1. The monoisotopic (exact) mass is 558 g/mol. The number of alkyl halides is 3. The molecule has 2 aromatic carbocycles. The van der Waals surface area contributed by atoms with E-state index in [9.17, 15) is 18.0 Å². The molecule has 0 bridgehead atoms. The van der Waals surface area contributed by atoms with Gasteiger partial charge >= 0.3 is 6.18 Å². The summed E-state index contributed by atoms with van der Waals surface area (Å²) in [6.45, 7) is 4.67. The van der Waals surface area contributed by atoms with Gasteiger partial charge in [-0.15, -0.1) is 0 Å². The average molecular weight is 559 g/mol. The highest BCUT2D eigenvalue weighted by Crippen LogP contribution is 2.46. The van der Waals surface area contributed by atoms with Crippen LogP contribution < -0.4 is 5.32 Å². The normalized spacial score (nSPS) is 18.7. The molecule has 39 heavy (non-hydrogen) atoms. The third-order valence-corrected chi connectivity index (χ3v) is 8.73. The highest BCUT2D eigenvalue weighted by atomic mass is 35.5. The number of likely N-dealkylation sites (tertiary alicyclic amines) is 1. The lowest BCUT2D eigenvalue weighted by molar-refractivity contribution is -0.137. The zero-order chi connectivity index (χ0) is 27.6. The van der Waals surface area contributed by atoms with E-state index in [1.807, 2.05) is 42.2 Å². The minimum Gasteiger partial charge on any atom is -0.343 e. The van der Waals surface area contributed by atoms with Crippen molar-refractivity contribution in [3.63, 3.8) is 0 Å². The van der Waals surface area contributed by atoms with Crippen LogP contribution in [-0.4, -0.2) is 39.2 Å². The number of hydrogen-bond acceptors (Lipinski definition) is 3. The minimum atomic E-state index is -4.65. The summed E-state index contributed by atoms with van der Waals surface area (Å²) >= 11 is 6.18. The van der Waals surface area contributed by atoms with E-state index < -0.39 is 28.7 Å². The maximum Gasteiger partial charge on any atom is 0.417 e. The Bertz CT molecular complexity index is 1310. The van der Waals surface area contributed by atoms with Crippen molar-refractivity contribution in [3.05, 3.63) is 76.6 Å². The van der Waals surface area contributed by atoms with Crippen molar-refractivity contribution < 1.29 is 18.0 Å². The molecule has 3 aromatic rings. The number of piperidine rings is 1. The summed E-state index contributed by atoms with van der Waals surface area (Å²) in [4.78, 5) is 16.2. The molecule has 1 aromatic heterocycles. The number of aryl methyl sites for hydroxylation is 1. The Morgan fingerprint density at radius 2 is 1.77 bits per heavy atom. The quantitative estimate of drug-likeness (QED) is 0.326. The number of benzene rings is 2. The van der Waals surface area contributed by atoms with E-state index in [1.54, 1.807) is 0 Å². The molecular weight excluding hydrogens is 525 g/mol. The van der Waals surface area contributed by atoms with Crippen LogP contribution in [0, 0.1) is 0 Å². The Labute approximate surface area is 232 Å². The number of aromatic nitrogens is 2. The number of nitrogens with one attached hydrogen (secondary N) is 1. The highest BCUT2D eigenvalue weighted by molar-refractivity contribution is 6.34. The van der Waals surface area contributed by atoms with E-state index in [4.69, 9.17) is 11.6 Å². The molecule has 2 heterocycles. The van der Waals surface area contributed by atoms with Gasteiger partial charge in [-0.2, -0.15) is 18.3 Å². The van der Waals surface area contributed by atoms with Crippen LogP contribution in [-0.2, 0) is 12.7 Å². The zero-order valence-corrected chi connectivity index (χ0v) is 22.9. The van der Waals surface area contributed by atoms with Crippen molar-refractivity contribution in [2.24, 2.45) is 0 Å². The maximum atomic E-state index is 13.7. The second-order valence-corrected chi connectivity index (χ2v) is 11.0. The Hall–Kier alpha value is -2.84. The molecular formula is C30H34ClF3N4O. The molecule has 1 amide bonds. The van der Waals surface area contributed by atoms with Crippen LogP contribution in [0.5, 0.6) is 0 Å². The third-order valence-electron chi connectivity index (χ3n) is 8.33. The molecule has 2 fully saturated rings. The summed E-state index contributed by atoms with van der Waals surface area (Å²) in [5, 5.41) is 7.03. The first-order valence-electron chi connectivity index (χ1n) is 13.8. The first-order valence-corrected chi connectivity index (χ1v) is 14.1. The number of carbonyl (C=O) groups is 1. The zero-order valence-electron chi connectivity index (χ0n) is 22.1. The van der Waals surface area contributed by atoms with Gasteiger partial charge in [0, 0.05) is 23.8 Å². The van der Waals surface area contributed by atoms with Crippen LogP contribution >= 0.6 is 11.6 Å². The minimum absolute atomic E-state index is 0.163. The lowest BCUT2D eigenvalue weighted by atomic mass is 9.80. The topological polar surface area (TPSA) is 50.2 Å². The smallest absolute Gasteiger partial charge is 0.343 e. The molecule has 1 unspecified atom stereocenters. The third kappa shape index (κ3) is 5.59. The van der Waals surface area contributed by atoms with E-state index in [0.717, 1.165) is 80.9 Å². The second kappa shape index (κ2) is 11.3. The van der Waals surface area contributed by atoms with Gasteiger partial charge < -0.3 is 5.32 Å². The van der Waals surface area contributed by atoms with Gasteiger partial charge in [0.15, 0.2) is 0 Å². The van der Waals surface area contributed by atoms with E-state index in [0.29, 0.717) is 0 Å². The van der Waals surface area contributed by atoms with Gasteiger partial charge in [-0.1, -0.05) is 55.1 Å². The molecule has 5 nitrogen and oxygen atoms in total. The first kappa shape index (κ1) is 27.7. The first-order chi connectivity index (χ1) is 18.7. The van der Waals surface area contributed by atoms with E-state index in [-0.39, 0.29) is 11.1 Å². The van der Waals surface area contributed by atoms with Crippen molar-refractivity contribution in [1.82, 2.24) is 20.0 Å². The van der Waals surface area contributed by atoms with E-state index in [1.165, 1.54) is 18.6 Å². The molecule has 5 rings (SSSR count). The SMILES string of the molecule is CCn1cc(-c2cccc(C(NC(=O)c3cccc(C(F)(F)F)c3Cl)C3(N4CCCCC4)CCCC3)c2)cn1. The molecule has 1 saturated carbocycles. The summed E-state index contributed by atoms with van der Waals surface area (Å²) < 4.78 is 42.6. The molecule has 0 radical (unpaired) electrons. The molecule has 1 aliphatic carbocycles. The van der Waals surface area contributed by atoms with Gasteiger partial charge in [-0.25, -0.2) is 0 Å². The average Bonchev–Trinajstić information content (AvgIpc) is 3.63. The second-order valence-electron chi connectivity index (χ2n) is 10.6. The van der Waals surface area contributed by atoms with E-state index in [2.05, 4.69) is 21.4 Å². The van der Waals surface area contributed by atoms with E-state index >= 15 is 0 Å². The fraction of sp³-hybridized carbons (Fsp3) is 0.467. The Morgan fingerprint density at radius 1 is 1.05 bits per heavy atom. The highest BCUT2D eigenvalue weighted by Gasteiger charge is 2.48. The Balaban J connectivity index is 1.57. The molecule has 1 N–H and O–H groups in total. The summed E-state index contributed by atoms with van der Waals surface area (Å²) in [5.74, 6) is -0.594. The summed E-state index contributed by atoms with van der Waals surface area (Å²) in [6, 6.07) is 11.2. The molecule has 1 saturated heterocycles. The standard InChI is InChI=1S/C30H34ClF3N4O/c1-2-38-20-23(19-35-38)21-10-8-11-22(18-21)27(29(14-4-5-15-29)37-16-6-3-7-17-37)36-28(39)24-12-9-13-25(26(24)31)30(32,33)34/h8-13,18-20,27H,2-7,14-17H2,1H3,(H,36,39). The molecule has 208 valence electrons. The van der Waals surface area contributed by atoms with Gasteiger partial charge in [0.2, 0.25) is 0 Å². The lowest BCUT2D eigenvalue weighted by Gasteiger charge is -2.49. The molecule has 9 heteroatoms. The molecule has 1 atom stereocenters. The fourth-order valence-corrected chi connectivity index (χ4v) is 6.68. The van der Waals surface area contributed by atoms with Gasteiger partial charge in [-0.05, 0) is 75.0 Å². The fourth-order valence-electron chi connectivity index (χ4n) is 6.36. The molecule has 0 spiro atoms. The van der Waals surface area contributed by atoms with Crippen molar-refractivity contribution >= 4 is 17.5 Å². The van der Waals surface area contributed by atoms with Crippen molar-refractivity contribution in [2.75, 3.05) is 13.1 Å². The van der Waals surface area contributed by atoms with Gasteiger partial charge in [0.1, 0.15) is 0 Å². The predicted octanol–water partition coefficient (Wildman–Crippen LogP) is 7.51. The summed E-state index contributed by atoms with van der Waals surface area (Å²) in [7, 11) is 0. The van der Waals surface area contributed by atoms with Gasteiger partial charge in [0.05, 0.1) is 28.4 Å². The number of halogens is 4. The van der Waals surface area contributed by atoms with Crippen molar-refractivity contribution in [3.8, 4) is 11.1 Å². The van der Waals surface area contributed by atoms with Crippen LogP contribution in [0.1, 0.15) is 79.4 Å². The van der Waals surface area contributed by atoms with Crippen molar-refractivity contribution in [1.29, 1.82) is 0 Å². The predicted molar refractivity (Wildman–Crippen MR) is 147 cm³/mol. The number of nitrogens with zero attached hydrogens (tertiary/aromatic N) is 3. The number of carbonyl (C=O) groups excluding carboxylic acids is 1. The van der Waals surface area contributed by atoms with Crippen LogP contribution in [0.4, 0.5) is 13.2 Å².